The standard InChI is InChI=1S/C7H14O5Si2/c1-6(8)11-13-5-3-4-10-14(13)12-7(2)9/h13-14H,3-5H2,1-2H3. The molecule has 0 radical (unpaired) electrons. The molecule has 2 atom stereocenters. The second-order valence-corrected chi connectivity index (χ2v) is 10.2. The van der Waals surface area contributed by atoms with Crippen molar-refractivity contribution < 1.29 is 22.9 Å². The molecule has 5 nitrogen and oxygen atoms in total. The average Bonchev–Trinajstić information content (AvgIpc) is 2.06. The van der Waals surface area contributed by atoms with Crippen molar-refractivity contribution in [3.8, 4) is 0 Å². The maximum atomic E-state index is 10.8. The Balaban J connectivity index is 2.49. The van der Waals surface area contributed by atoms with Gasteiger partial charge in [-0.2, -0.15) is 0 Å². The Morgan fingerprint density at radius 2 is 1.86 bits per heavy atom. The first-order valence-electron chi connectivity index (χ1n) is 4.55. The van der Waals surface area contributed by atoms with E-state index in [1.807, 2.05) is 0 Å². The largest absolute Gasteiger partial charge is 0.518 e. The minimum Gasteiger partial charge on any atom is -0.518 e. The molecular weight excluding hydrogens is 220 g/mol. The summed E-state index contributed by atoms with van der Waals surface area (Å²) in [5.41, 5.74) is 0. The smallest absolute Gasteiger partial charge is 0.404 e. The van der Waals surface area contributed by atoms with Crippen LogP contribution in [0, 0.1) is 0 Å². The predicted molar refractivity (Wildman–Crippen MR) is 53.2 cm³/mol. The van der Waals surface area contributed by atoms with Crippen LogP contribution in [0.2, 0.25) is 6.04 Å². The summed E-state index contributed by atoms with van der Waals surface area (Å²) >= 11 is 0. The lowest BCUT2D eigenvalue weighted by molar-refractivity contribution is -0.135. The zero-order valence-electron chi connectivity index (χ0n) is 8.32. The number of hydrogen-bond donors (Lipinski definition) is 0. The van der Waals surface area contributed by atoms with Crippen LogP contribution in [0.15, 0.2) is 0 Å². The topological polar surface area (TPSA) is 61.8 Å². The zero-order chi connectivity index (χ0) is 10.6. The fraction of sp³-hybridized carbons (Fsp3) is 0.714. The molecule has 1 aliphatic rings. The number of carbonyl (C=O) groups is 2. The molecule has 1 rings (SSSR count). The fourth-order valence-corrected chi connectivity index (χ4v) is 8.50. The SMILES string of the molecule is CC(=O)O[SiH]1CCCO[SiH]1OC(C)=O. The van der Waals surface area contributed by atoms with Crippen molar-refractivity contribution in [1.29, 1.82) is 0 Å². The van der Waals surface area contributed by atoms with Crippen molar-refractivity contribution in [1.82, 2.24) is 0 Å². The van der Waals surface area contributed by atoms with Crippen LogP contribution in [-0.2, 0) is 22.9 Å². The molecule has 0 aliphatic carbocycles. The molecule has 0 saturated carbocycles. The Bertz CT molecular complexity index is 208. The van der Waals surface area contributed by atoms with Crippen molar-refractivity contribution >= 4 is 29.3 Å². The van der Waals surface area contributed by atoms with E-state index in [1.54, 1.807) is 0 Å². The molecule has 7 heteroatoms. The summed E-state index contributed by atoms with van der Waals surface area (Å²) in [5, 5.41) is 0. The average molecular weight is 234 g/mol. The van der Waals surface area contributed by atoms with Gasteiger partial charge >= 0.3 is 8.80 Å². The summed E-state index contributed by atoms with van der Waals surface area (Å²) in [6.07, 6.45) is 0.898. The molecule has 1 heterocycles. The normalized spacial score (nSPS) is 26.7. The van der Waals surface area contributed by atoms with E-state index >= 15 is 0 Å². The summed E-state index contributed by atoms with van der Waals surface area (Å²) in [7, 11) is -3.74. The summed E-state index contributed by atoms with van der Waals surface area (Å²) in [5.74, 6) is -0.634. The van der Waals surface area contributed by atoms with Gasteiger partial charge in [0.2, 0.25) is 0 Å². The molecule has 1 saturated heterocycles. The van der Waals surface area contributed by atoms with Crippen LogP contribution in [0.4, 0.5) is 0 Å². The Labute approximate surface area is 85.7 Å². The molecule has 1 fully saturated rings. The highest BCUT2D eigenvalue weighted by Gasteiger charge is 2.37. The quantitative estimate of drug-likeness (QED) is 0.606. The summed E-state index contributed by atoms with van der Waals surface area (Å²) in [6.45, 7) is 3.35. The lowest BCUT2D eigenvalue weighted by Crippen LogP contribution is -2.48. The van der Waals surface area contributed by atoms with Gasteiger partial charge in [0.1, 0.15) is 0 Å². The van der Waals surface area contributed by atoms with Gasteiger partial charge in [-0.15, -0.1) is 0 Å². The first-order valence-corrected chi connectivity index (χ1v) is 9.45. The molecule has 0 spiro atoms. The predicted octanol–water partition coefficient (Wildman–Crippen LogP) is -0.444. The first-order chi connectivity index (χ1) is 6.59. The number of hydrogen-bond acceptors (Lipinski definition) is 5. The summed E-state index contributed by atoms with van der Waals surface area (Å²) in [6, 6.07) is 0.865. The van der Waals surface area contributed by atoms with Crippen molar-refractivity contribution in [3.63, 3.8) is 0 Å². The highest BCUT2D eigenvalue weighted by atomic mass is 29.2. The van der Waals surface area contributed by atoms with Crippen LogP contribution in [0.5, 0.6) is 0 Å². The molecule has 2 unspecified atom stereocenters. The van der Waals surface area contributed by atoms with E-state index in [0.717, 1.165) is 12.5 Å². The Kier molecular flexibility index (Phi) is 4.30. The van der Waals surface area contributed by atoms with Gasteiger partial charge in [-0.05, 0) is 12.5 Å². The van der Waals surface area contributed by atoms with Gasteiger partial charge in [-0.1, -0.05) is 0 Å². The van der Waals surface area contributed by atoms with Crippen LogP contribution in [0.25, 0.3) is 0 Å². The minimum absolute atomic E-state index is 0.295. The second kappa shape index (κ2) is 5.27. The van der Waals surface area contributed by atoms with Gasteiger partial charge in [-0.3, -0.25) is 9.59 Å². The number of carbonyl (C=O) groups excluding carboxylic acids is 2. The van der Waals surface area contributed by atoms with E-state index in [1.165, 1.54) is 13.8 Å². The van der Waals surface area contributed by atoms with Gasteiger partial charge in [-0.25, -0.2) is 0 Å². The van der Waals surface area contributed by atoms with Crippen LogP contribution in [0.1, 0.15) is 20.3 Å². The van der Waals surface area contributed by atoms with E-state index in [0.29, 0.717) is 6.61 Å². The van der Waals surface area contributed by atoms with E-state index in [4.69, 9.17) is 13.3 Å². The molecule has 0 aromatic carbocycles. The zero-order valence-corrected chi connectivity index (χ0v) is 10.6. The van der Waals surface area contributed by atoms with E-state index < -0.39 is 17.4 Å². The molecule has 0 bridgehead atoms. The molecule has 0 aromatic rings. The van der Waals surface area contributed by atoms with Crippen LogP contribution >= 0.6 is 0 Å². The van der Waals surface area contributed by atoms with Crippen molar-refractivity contribution in [2.45, 2.75) is 26.3 Å². The third-order valence-electron chi connectivity index (χ3n) is 1.82. The van der Waals surface area contributed by atoms with Crippen LogP contribution < -0.4 is 0 Å². The van der Waals surface area contributed by atoms with Gasteiger partial charge in [0.05, 0.1) is 0 Å². The van der Waals surface area contributed by atoms with E-state index in [9.17, 15) is 9.59 Å². The lowest BCUT2D eigenvalue weighted by Gasteiger charge is -2.26. The Morgan fingerprint density at radius 3 is 2.43 bits per heavy atom. The molecule has 0 amide bonds. The maximum absolute atomic E-state index is 10.8. The third kappa shape index (κ3) is 3.60. The fourth-order valence-electron chi connectivity index (χ4n) is 1.33. The van der Waals surface area contributed by atoms with Gasteiger partial charge < -0.3 is 13.3 Å². The maximum Gasteiger partial charge on any atom is 0.404 e. The second-order valence-electron chi connectivity index (χ2n) is 3.14. The molecule has 1 aliphatic heterocycles. The molecule has 80 valence electrons. The molecular formula is C7H14O5Si2. The highest BCUT2D eigenvalue weighted by Crippen LogP contribution is 2.13. The van der Waals surface area contributed by atoms with Crippen molar-refractivity contribution in [2.24, 2.45) is 0 Å². The van der Waals surface area contributed by atoms with Crippen molar-refractivity contribution in [3.05, 3.63) is 0 Å². The molecule has 14 heavy (non-hydrogen) atoms. The third-order valence-corrected chi connectivity index (χ3v) is 9.38. The Hall–Kier alpha value is -0.666. The van der Waals surface area contributed by atoms with Gasteiger partial charge in [0.15, 0.2) is 0 Å². The lowest BCUT2D eigenvalue weighted by atomic mass is 10.5. The van der Waals surface area contributed by atoms with E-state index in [-0.39, 0.29) is 11.9 Å². The minimum atomic E-state index is -2.01. The monoisotopic (exact) mass is 234 g/mol. The van der Waals surface area contributed by atoms with Crippen LogP contribution in [-0.4, -0.2) is 35.9 Å². The first kappa shape index (κ1) is 11.4. The van der Waals surface area contributed by atoms with Gasteiger partial charge in [0.25, 0.3) is 20.5 Å². The summed E-state index contributed by atoms with van der Waals surface area (Å²) < 4.78 is 15.6. The van der Waals surface area contributed by atoms with E-state index in [2.05, 4.69) is 0 Å². The van der Waals surface area contributed by atoms with Gasteiger partial charge in [0, 0.05) is 20.5 Å². The Morgan fingerprint density at radius 1 is 1.21 bits per heavy atom. The molecule has 0 aromatic heterocycles. The van der Waals surface area contributed by atoms with Crippen LogP contribution in [0.3, 0.4) is 0 Å². The highest BCUT2D eigenvalue weighted by molar-refractivity contribution is 7.14. The molecule has 0 N–H and O–H groups in total. The van der Waals surface area contributed by atoms with Crippen molar-refractivity contribution in [2.75, 3.05) is 6.61 Å². The summed E-state index contributed by atoms with van der Waals surface area (Å²) in [4.78, 5) is 21.5. The number of rotatable bonds is 2.